The van der Waals surface area contributed by atoms with Crippen LogP contribution in [0, 0.1) is 0 Å². The van der Waals surface area contributed by atoms with Gasteiger partial charge in [-0.3, -0.25) is 0 Å². The first-order valence-electron chi connectivity index (χ1n) is 8.40. The molecule has 2 N–H and O–H groups in total. The summed E-state index contributed by atoms with van der Waals surface area (Å²) in [5, 5.41) is 5.95. The fraction of sp³-hybridized carbons (Fsp3) is 0.556. The van der Waals surface area contributed by atoms with Crippen molar-refractivity contribution in [3.8, 4) is 0 Å². The Balaban J connectivity index is 1.76. The van der Waals surface area contributed by atoms with Crippen LogP contribution in [0.25, 0.3) is 0 Å². The molecule has 0 saturated heterocycles. The summed E-state index contributed by atoms with van der Waals surface area (Å²) < 4.78 is 4.66. The third-order valence-electron chi connectivity index (χ3n) is 4.27. The Kier molecular flexibility index (Phi) is 6.91. The van der Waals surface area contributed by atoms with E-state index in [9.17, 15) is 9.59 Å². The van der Waals surface area contributed by atoms with Gasteiger partial charge >= 0.3 is 12.0 Å². The van der Waals surface area contributed by atoms with Crippen LogP contribution in [-0.4, -0.2) is 25.2 Å². The van der Waals surface area contributed by atoms with Gasteiger partial charge in [-0.05, 0) is 30.5 Å². The van der Waals surface area contributed by atoms with Crippen molar-refractivity contribution in [1.82, 2.24) is 10.6 Å². The van der Waals surface area contributed by atoms with E-state index < -0.39 is 0 Å². The Labute approximate surface area is 137 Å². The minimum atomic E-state index is -0.355. The molecule has 1 aromatic carbocycles. The van der Waals surface area contributed by atoms with Gasteiger partial charge < -0.3 is 15.4 Å². The zero-order chi connectivity index (χ0) is 16.5. The molecule has 5 heteroatoms. The van der Waals surface area contributed by atoms with E-state index >= 15 is 0 Å². The molecule has 0 spiro atoms. The molecule has 2 amide bonds. The molecule has 0 bridgehead atoms. The predicted octanol–water partition coefficient (Wildman–Crippen LogP) is 3.39. The minimum absolute atomic E-state index is 0.118. The monoisotopic (exact) mass is 318 g/mol. The molecule has 0 heterocycles. The fourth-order valence-electron chi connectivity index (χ4n) is 2.90. The lowest BCUT2D eigenvalue weighted by molar-refractivity contribution is 0.0600. The van der Waals surface area contributed by atoms with Gasteiger partial charge in [0.1, 0.15) is 0 Å². The summed E-state index contributed by atoms with van der Waals surface area (Å²) in [6.07, 6.45) is 8.39. The number of ether oxygens (including phenoxy) is 1. The number of carbonyl (C=O) groups is 2. The van der Waals surface area contributed by atoms with E-state index in [2.05, 4.69) is 15.4 Å². The molecule has 0 unspecified atom stereocenters. The van der Waals surface area contributed by atoms with Crippen LogP contribution < -0.4 is 10.6 Å². The van der Waals surface area contributed by atoms with Crippen LogP contribution in [0.3, 0.4) is 0 Å². The largest absolute Gasteiger partial charge is 0.465 e. The maximum Gasteiger partial charge on any atom is 0.337 e. The summed E-state index contributed by atoms with van der Waals surface area (Å²) in [6.45, 7) is 0.444. The van der Waals surface area contributed by atoms with E-state index in [-0.39, 0.29) is 18.0 Å². The molecule has 1 aliphatic rings. The Hall–Kier alpha value is -2.04. The van der Waals surface area contributed by atoms with E-state index in [1.165, 1.54) is 39.2 Å². The molecule has 0 atom stereocenters. The molecule has 0 aromatic heterocycles. The first-order chi connectivity index (χ1) is 11.2. The number of carbonyl (C=O) groups excluding carboxylic acids is 2. The van der Waals surface area contributed by atoms with Gasteiger partial charge in [-0.1, -0.05) is 44.2 Å². The number of esters is 1. The number of urea groups is 1. The maximum atomic E-state index is 12.0. The summed E-state index contributed by atoms with van der Waals surface area (Å²) >= 11 is 0. The zero-order valence-corrected chi connectivity index (χ0v) is 13.8. The molecule has 2 rings (SSSR count). The van der Waals surface area contributed by atoms with Crippen molar-refractivity contribution >= 4 is 12.0 Å². The predicted molar refractivity (Wildman–Crippen MR) is 89.3 cm³/mol. The average Bonchev–Trinajstić information content (AvgIpc) is 2.55. The van der Waals surface area contributed by atoms with Gasteiger partial charge in [0, 0.05) is 12.6 Å². The van der Waals surface area contributed by atoms with E-state index in [0.717, 1.165) is 18.4 Å². The van der Waals surface area contributed by atoms with Gasteiger partial charge in [0.15, 0.2) is 0 Å². The number of hydrogen-bond acceptors (Lipinski definition) is 3. The Bertz CT molecular complexity index is 506. The second-order valence-corrected chi connectivity index (χ2v) is 6.06. The molecule has 1 saturated carbocycles. The molecule has 126 valence electrons. The van der Waals surface area contributed by atoms with Gasteiger partial charge in [0.25, 0.3) is 0 Å². The molecule has 5 nitrogen and oxygen atoms in total. The van der Waals surface area contributed by atoms with Gasteiger partial charge in [0.05, 0.1) is 12.7 Å². The van der Waals surface area contributed by atoms with Gasteiger partial charge in [-0.25, -0.2) is 9.59 Å². The van der Waals surface area contributed by atoms with Crippen LogP contribution in [0.2, 0.25) is 0 Å². The van der Waals surface area contributed by atoms with Crippen molar-refractivity contribution in [2.75, 3.05) is 7.11 Å². The topological polar surface area (TPSA) is 67.4 Å². The molecule has 1 aromatic rings. The van der Waals surface area contributed by atoms with Gasteiger partial charge in [0.2, 0.25) is 0 Å². The first-order valence-corrected chi connectivity index (χ1v) is 8.40. The number of amides is 2. The Morgan fingerprint density at radius 2 is 1.65 bits per heavy atom. The number of rotatable bonds is 4. The third-order valence-corrected chi connectivity index (χ3v) is 4.27. The lowest BCUT2D eigenvalue weighted by Gasteiger charge is -2.21. The fourth-order valence-corrected chi connectivity index (χ4v) is 2.90. The highest BCUT2D eigenvalue weighted by Crippen LogP contribution is 2.17. The van der Waals surface area contributed by atoms with Crippen molar-refractivity contribution < 1.29 is 14.3 Å². The van der Waals surface area contributed by atoms with Crippen molar-refractivity contribution in [1.29, 1.82) is 0 Å². The van der Waals surface area contributed by atoms with E-state index in [1.54, 1.807) is 12.1 Å². The van der Waals surface area contributed by atoms with Crippen molar-refractivity contribution in [2.24, 2.45) is 0 Å². The highest BCUT2D eigenvalue weighted by molar-refractivity contribution is 5.89. The molecular formula is C18H26N2O3. The highest BCUT2D eigenvalue weighted by Gasteiger charge is 2.13. The molecule has 1 aliphatic carbocycles. The summed E-state index contributed by atoms with van der Waals surface area (Å²) in [4.78, 5) is 23.4. The third kappa shape index (κ3) is 5.93. The second-order valence-electron chi connectivity index (χ2n) is 6.06. The van der Waals surface area contributed by atoms with Crippen LogP contribution >= 0.6 is 0 Å². The van der Waals surface area contributed by atoms with Crippen LogP contribution in [0.15, 0.2) is 24.3 Å². The first kappa shape index (κ1) is 17.3. The van der Waals surface area contributed by atoms with Crippen molar-refractivity contribution in [3.05, 3.63) is 35.4 Å². The van der Waals surface area contributed by atoms with E-state index in [1.807, 2.05) is 12.1 Å². The number of hydrogen-bond donors (Lipinski definition) is 2. The number of methoxy groups -OCH3 is 1. The van der Waals surface area contributed by atoms with E-state index in [0.29, 0.717) is 12.1 Å². The van der Waals surface area contributed by atoms with Gasteiger partial charge in [-0.2, -0.15) is 0 Å². The van der Waals surface area contributed by atoms with Crippen molar-refractivity contribution in [3.63, 3.8) is 0 Å². The number of nitrogens with one attached hydrogen (secondary N) is 2. The normalized spacial score (nSPS) is 16.0. The quantitative estimate of drug-likeness (QED) is 0.836. The summed E-state index contributed by atoms with van der Waals surface area (Å²) in [5.74, 6) is -0.355. The molecule has 0 radical (unpaired) electrons. The average molecular weight is 318 g/mol. The summed E-state index contributed by atoms with van der Waals surface area (Å²) in [5.41, 5.74) is 1.46. The smallest absolute Gasteiger partial charge is 0.337 e. The zero-order valence-electron chi connectivity index (χ0n) is 13.8. The lowest BCUT2D eigenvalue weighted by atomic mass is 9.97. The van der Waals surface area contributed by atoms with Crippen LogP contribution in [0.5, 0.6) is 0 Å². The Morgan fingerprint density at radius 1 is 1.04 bits per heavy atom. The summed E-state index contributed by atoms with van der Waals surface area (Å²) in [7, 11) is 1.36. The molecule has 0 aliphatic heterocycles. The number of benzene rings is 1. The van der Waals surface area contributed by atoms with Crippen molar-refractivity contribution in [2.45, 2.75) is 57.5 Å². The molecule has 23 heavy (non-hydrogen) atoms. The standard InChI is InChI=1S/C18H26N2O3/c1-23-17(21)15-11-9-14(10-12-15)13-19-18(22)20-16-7-5-3-2-4-6-8-16/h9-12,16H,2-8,13H2,1H3,(H2,19,20,22). The highest BCUT2D eigenvalue weighted by atomic mass is 16.5. The maximum absolute atomic E-state index is 12.0. The van der Waals surface area contributed by atoms with Gasteiger partial charge in [-0.15, -0.1) is 0 Å². The van der Waals surface area contributed by atoms with Crippen LogP contribution in [0.1, 0.15) is 60.9 Å². The summed E-state index contributed by atoms with van der Waals surface area (Å²) in [6, 6.07) is 7.22. The lowest BCUT2D eigenvalue weighted by Crippen LogP contribution is -2.42. The second kappa shape index (κ2) is 9.18. The minimum Gasteiger partial charge on any atom is -0.465 e. The Morgan fingerprint density at radius 3 is 2.26 bits per heavy atom. The molecular weight excluding hydrogens is 292 g/mol. The van der Waals surface area contributed by atoms with Crippen LogP contribution in [0.4, 0.5) is 4.79 Å². The van der Waals surface area contributed by atoms with Crippen LogP contribution in [-0.2, 0) is 11.3 Å². The SMILES string of the molecule is COC(=O)c1ccc(CNC(=O)NC2CCCCCCC2)cc1. The van der Waals surface area contributed by atoms with E-state index in [4.69, 9.17) is 0 Å². The molecule has 1 fully saturated rings.